The number of piperidine rings is 2. The summed E-state index contributed by atoms with van der Waals surface area (Å²) in [5.74, 6) is 0.769. The SMILES string of the molecule is CC1CCN(c2ccc(C(=O)NC3CCNCC3C)cc2[N+](=O)[O-])CC1. The van der Waals surface area contributed by atoms with Gasteiger partial charge in [-0.2, -0.15) is 0 Å². The number of carbonyl (C=O) groups is 1. The summed E-state index contributed by atoms with van der Waals surface area (Å²) in [4.78, 5) is 25.9. The molecule has 0 aliphatic carbocycles. The van der Waals surface area contributed by atoms with Crippen molar-refractivity contribution in [3.8, 4) is 0 Å². The number of nitrogens with zero attached hydrogens (tertiary/aromatic N) is 2. The molecule has 2 aliphatic heterocycles. The fourth-order valence-electron chi connectivity index (χ4n) is 3.81. The number of hydrogen-bond donors (Lipinski definition) is 2. The van der Waals surface area contributed by atoms with Crippen molar-refractivity contribution in [3.63, 3.8) is 0 Å². The van der Waals surface area contributed by atoms with E-state index in [0.29, 0.717) is 23.1 Å². The number of nitro groups is 1. The van der Waals surface area contributed by atoms with Crippen LogP contribution in [0.1, 0.15) is 43.5 Å². The maximum atomic E-state index is 12.6. The fraction of sp³-hybridized carbons (Fsp3) is 0.632. The monoisotopic (exact) mass is 360 g/mol. The molecule has 2 saturated heterocycles. The van der Waals surface area contributed by atoms with Crippen LogP contribution in [-0.4, -0.2) is 43.1 Å². The summed E-state index contributed by atoms with van der Waals surface area (Å²) >= 11 is 0. The van der Waals surface area contributed by atoms with Crippen molar-refractivity contribution in [2.75, 3.05) is 31.1 Å². The average Bonchev–Trinajstić information content (AvgIpc) is 2.63. The molecule has 2 unspecified atom stereocenters. The highest BCUT2D eigenvalue weighted by molar-refractivity contribution is 5.96. The third-order valence-corrected chi connectivity index (χ3v) is 5.66. The first-order valence-electron chi connectivity index (χ1n) is 9.50. The van der Waals surface area contributed by atoms with Gasteiger partial charge in [-0.25, -0.2) is 0 Å². The lowest BCUT2D eigenvalue weighted by Gasteiger charge is -2.32. The third kappa shape index (κ3) is 4.15. The van der Waals surface area contributed by atoms with Gasteiger partial charge in [0.1, 0.15) is 5.69 Å². The Bertz CT molecular complexity index is 671. The van der Waals surface area contributed by atoms with Gasteiger partial charge < -0.3 is 15.5 Å². The molecule has 1 aromatic rings. The van der Waals surface area contributed by atoms with Crippen LogP contribution in [-0.2, 0) is 0 Å². The number of nitrogens with one attached hydrogen (secondary N) is 2. The molecule has 2 N–H and O–H groups in total. The van der Waals surface area contributed by atoms with E-state index in [9.17, 15) is 14.9 Å². The van der Waals surface area contributed by atoms with Gasteiger partial charge >= 0.3 is 0 Å². The molecule has 2 heterocycles. The topological polar surface area (TPSA) is 87.5 Å². The number of nitro benzene ring substituents is 1. The first kappa shape index (κ1) is 18.6. The lowest BCUT2D eigenvalue weighted by molar-refractivity contribution is -0.384. The lowest BCUT2D eigenvalue weighted by Crippen LogP contribution is -2.48. The Kier molecular flexibility index (Phi) is 5.76. The van der Waals surface area contributed by atoms with E-state index in [1.165, 1.54) is 6.07 Å². The minimum Gasteiger partial charge on any atom is -0.366 e. The molecule has 1 amide bonds. The van der Waals surface area contributed by atoms with Crippen LogP contribution in [0.3, 0.4) is 0 Å². The Morgan fingerprint density at radius 3 is 2.65 bits per heavy atom. The molecule has 26 heavy (non-hydrogen) atoms. The van der Waals surface area contributed by atoms with Gasteiger partial charge in [0.2, 0.25) is 0 Å². The summed E-state index contributed by atoms with van der Waals surface area (Å²) in [5, 5.41) is 17.9. The van der Waals surface area contributed by atoms with Crippen LogP contribution in [0.5, 0.6) is 0 Å². The molecule has 7 nitrogen and oxygen atoms in total. The predicted molar refractivity (Wildman–Crippen MR) is 102 cm³/mol. The van der Waals surface area contributed by atoms with E-state index in [1.54, 1.807) is 12.1 Å². The molecular formula is C19H28N4O3. The summed E-state index contributed by atoms with van der Waals surface area (Å²) in [7, 11) is 0. The van der Waals surface area contributed by atoms with Crippen molar-refractivity contribution in [2.45, 2.75) is 39.2 Å². The number of hydrogen-bond acceptors (Lipinski definition) is 5. The summed E-state index contributed by atoms with van der Waals surface area (Å²) in [5.41, 5.74) is 0.996. The molecule has 2 aliphatic rings. The van der Waals surface area contributed by atoms with E-state index >= 15 is 0 Å². The minimum absolute atomic E-state index is 0.0190. The standard InChI is InChI=1S/C19H28N4O3/c1-13-6-9-22(10-7-13)17-4-3-15(11-18(17)23(25)26)19(24)21-16-5-8-20-12-14(16)2/h3-4,11,13-14,16,20H,5-10,12H2,1-2H3,(H,21,24). The van der Waals surface area contributed by atoms with E-state index in [2.05, 4.69) is 29.4 Å². The second-order valence-electron chi connectivity index (χ2n) is 7.68. The molecule has 2 fully saturated rings. The Morgan fingerprint density at radius 1 is 1.27 bits per heavy atom. The van der Waals surface area contributed by atoms with Crippen LogP contribution in [0.2, 0.25) is 0 Å². The highest BCUT2D eigenvalue weighted by atomic mass is 16.6. The lowest BCUT2D eigenvalue weighted by atomic mass is 9.95. The Balaban J connectivity index is 1.77. The minimum atomic E-state index is -0.378. The van der Waals surface area contributed by atoms with Crippen molar-refractivity contribution in [1.82, 2.24) is 10.6 Å². The first-order chi connectivity index (χ1) is 12.5. The Labute approximate surface area is 154 Å². The average molecular weight is 360 g/mol. The predicted octanol–water partition coefficient (Wildman–Crippen LogP) is 2.56. The molecule has 0 spiro atoms. The molecular weight excluding hydrogens is 332 g/mol. The molecule has 3 rings (SSSR count). The maximum absolute atomic E-state index is 12.6. The largest absolute Gasteiger partial charge is 0.366 e. The van der Waals surface area contributed by atoms with Crippen molar-refractivity contribution >= 4 is 17.3 Å². The number of carbonyl (C=O) groups excluding carboxylic acids is 1. The van der Waals surface area contributed by atoms with Gasteiger partial charge in [-0.15, -0.1) is 0 Å². The number of rotatable bonds is 4. The van der Waals surface area contributed by atoms with Gasteiger partial charge in [0, 0.05) is 30.8 Å². The van der Waals surface area contributed by atoms with E-state index in [-0.39, 0.29) is 22.6 Å². The van der Waals surface area contributed by atoms with Crippen LogP contribution in [0.25, 0.3) is 0 Å². The third-order valence-electron chi connectivity index (χ3n) is 5.66. The first-order valence-corrected chi connectivity index (χ1v) is 9.50. The second-order valence-corrected chi connectivity index (χ2v) is 7.68. The molecule has 2 atom stereocenters. The smallest absolute Gasteiger partial charge is 0.293 e. The van der Waals surface area contributed by atoms with Gasteiger partial charge in [0.05, 0.1) is 4.92 Å². The van der Waals surface area contributed by atoms with Crippen LogP contribution >= 0.6 is 0 Å². The number of benzene rings is 1. The van der Waals surface area contributed by atoms with Gasteiger partial charge in [0.15, 0.2) is 0 Å². The highest BCUT2D eigenvalue weighted by Gasteiger charge is 2.27. The van der Waals surface area contributed by atoms with Gasteiger partial charge in [0.25, 0.3) is 11.6 Å². The second kappa shape index (κ2) is 8.03. The van der Waals surface area contributed by atoms with Crippen LogP contribution in [0.4, 0.5) is 11.4 Å². The number of amides is 1. The molecule has 0 aromatic heterocycles. The fourth-order valence-corrected chi connectivity index (χ4v) is 3.81. The van der Waals surface area contributed by atoms with E-state index in [0.717, 1.165) is 45.4 Å². The zero-order valence-corrected chi connectivity index (χ0v) is 15.5. The molecule has 0 saturated carbocycles. The van der Waals surface area contributed by atoms with Crippen molar-refractivity contribution in [3.05, 3.63) is 33.9 Å². The van der Waals surface area contributed by atoms with E-state index in [4.69, 9.17) is 0 Å². The number of anilines is 1. The van der Waals surface area contributed by atoms with Gasteiger partial charge in [-0.1, -0.05) is 13.8 Å². The van der Waals surface area contributed by atoms with E-state index in [1.807, 2.05) is 0 Å². The van der Waals surface area contributed by atoms with E-state index < -0.39 is 0 Å². The normalized spacial score (nSPS) is 24.3. The molecule has 0 bridgehead atoms. The maximum Gasteiger partial charge on any atom is 0.293 e. The molecule has 1 aromatic carbocycles. The van der Waals surface area contributed by atoms with Crippen LogP contribution < -0.4 is 15.5 Å². The highest BCUT2D eigenvalue weighted by Crippen LogP contribution is 2.32. The summed E-state index contributed by atoms with van der Waals surface area (Å²) in [6.07, 6.45) is 2.94. The van der Waals surface area contributed by atoms with Crippen molar-refractivity contribution < 1.29 is 9.72 Å². The van der Waals surface area contributed by atoms with Crippen molar-refractivity contribution in [2.24, 2.45) is 11.8 Å². The zero-order chi connectivity index (χ0) is 18.7. The van der Waals surface area contributed by atoms with Crippen LogP contribution in [0, 0.1) is 22.0 Å². The zero-order valence-electron chi connectivity index (χ0n) is 15.5. The summed E-state index contributed by atoms with van der Waals surface area (Å²) in [6.45, 7) is 7.69. The quantitative estimate of drug-likeness (QED) is 0.636. The van der Waals surface area contributed by atoms with Gasteiger partial charge in [-0.05, 0) is 56.3 Å². The Hall–Kier alpha value is -2.15. The summed E-state index contributed by atoms with van der Waals surface area (Å²) in [6, 6.07) is 4.97. The van der Waals surface area contributed by atoms with Crippen LogP contribution in [0.15, 0.2) is 18.2 Å². The van der Waals surface area contributed by atoms with Gasteiger partial charge in [-0.3, -0.25) is 14.9 Å². The Morgan fingerprint density at radius 2 is 2.00 bits per heavy atom. The molecule has 142 valence electrons. The van der Waals surface area contributed by atoms with Crippen molar-refractivity contribution in [1.29, 1.82) is 0 Å². The summed E-state index contributed by atoms with van der Waals surface area (Å²) < 4.78 is 0. The molecule has 0 radical (unpaired) electrons. The molecule has 7 heteroatoms.